The number of halogens is 3. The first kappa shape index (κ1) is 18.5. The first-order valence-corrected chi connectivity index (χ1v) is 7.40. The lowest BCUT2D eigenvalue weighted by Gasteiger charge is -2.19. The van der Waals surface area contributed by atoms with Gasteiger partial charge in [0, 0.05) is 11.4 Å². The van der Waals surface area contributed by atoms with Crippen molar-refractivity contribution in [2.45, 2.75) is 25.3 Å². The molecule has 0 aliphatic heterocycles. The average Bonchev–Trinajstić information content (AvgIpc) is 2.45. The van der Waals surface area contributed by atoms with Crippen molar-refractivity contribution >= 4 is 27.7 Å². The number of carbonyl (C=O) groups is 2. The molecule has 8 heteroatoms. The van der Waals surface area contributed by atoms with Crippen LogP contribution in [-0.2, 0) is 9.59 Å². The Kier molecular flexibility index (Phi) is 6.89. The van der Waals surface area contributed by atoms with E-state index in [-0.39, 0.29) is 12.3 Å². The van der Waals surface area contributed by atoms with E-state index in [0.717, 1.165) is 4.47 Å². The predicted molar refractivity (Wildman–Crippen MR) is 82.3 cm³/mol. The minimum atomic E-state index is -3.14. The van der Waals surface area contributed by atoms with Gasteiger partial charge in [-0.25, -0.2) is 8.78 Å². The highest BCUT2D eigenvalue weighted by Gasteiger charge is 2.27. The Balaban J connectivity index is 2.71. The SMILES string of the molecule is CC(=O)NC(CC(=O)NCC(F)(F)CN)c1ccc(Br)cc1. The number of carbonyl (C=O) groups excluding carboxylic acids is 2. The second kappa shape index (κ2) is 8.19. The number of rotatable bonds is 7. The normalized spacial score (nSPS) is 12.6. The van der Waals surface area contributed by atoms with E-state index >= 15 is 0 Å². The number of alkyl halides is 2. The van der Waals surface area contributed by atoms with Crippen molar-refractivity contribution in [3.8, 4) is 0 Å². The third-order valence-corrected chi connectivity index (χ3v) is 3.41. The topological polar surface area (TPSA) is 84.2 Å². The highest BCUT2D eigenvalue weighted by molar-refractivity contribution is 9.10. The third kappa shape index (κ3) is 6.48. The van der Waals surface area contributed by atoms with Gasteiger partial charge in [0.2, 0.25) is 11.8 Å². The fraction of sp³-hybridized carbons (Fsp3) is 0.429. The van der Waals surface area contributed by atoms with Crippen LogP contribution >= 0.6 is 15.9 Å². The lowest BCUT2D eigenvalue weighted by Crippen LogP contribution is -2.42. The average molecular weight is 378 g/mol. The van der Waals surface area contributed by atoms with Crippen molar-refractivity contribution in [3.05, 3.63) is 34.3 Å². The summed E-state index contributed by atoms with van der Waals surface area (Å²) in [4.78, 5) is 23.0. The number of benzene rings is 1. The molecule has 0 saturated heterocycles. The number of nitrogens with two attached hydrogens (primary N) is 1. The van der Waals surface area contributed by atoms with Crippen molar-refractivity contribution < 1.29 is 18.4 Å². The Labute approximate surface area is 135 Å². The molecule has 0 spiro atoms. The van der Waals surface area contributed by atoms with Crippen molar-refractivity contribution in [3.63, 3.8) is 0 Å². The van der Waals surface area contributed by atoms with E-state index in [0.29, 0.717) is 5.56 Å². The maximum atomic E-state index is 13.0. The van der Waals surface area contributed by atoms with Crippen LogP contribution < -0.4 is 16.4 Å². The van der Waals surface area contributed by atoms with Gasteiger partial charge < -0.3 is 16.4 Å². The summed E-state index contributed by atoms with van der Waals surface area (Å²) in [6.07, 6.45) is -0.137. The molecule has 1 aromatic carbocycles. The van der Waals surface area contributed by atoms with Gasteiger partial charge in [0.25, 0.3) is 5.92 Å². The molecule has 0 aromatic heterocycles. The molecule has 0 heterocycles. The van der Waals surface area contributed by atoms with E-state index in [4.69, 9.17) is 5.73 Å². The molecule has 0 fully saturated rings. The first-order valence-electron chi connectivity index (χ1n) is 6.60. The van der Waals surface area contributed by atoms with E-state index in [2.05, 4.69) is 26.6 Å². The quantitative estimate of drug-likeness (QED) is 0.676. The van der Waals surface area contributed by atoms with Crippen LogP contribution in [0.25, 0.3) is 0 Å². The van der Waals surface area contributed by atoms with Gasteiger partial charge in [0.1, 0.15) is 0 Å². The summed E-state index contributed by atoms with van der Waals surface area (Å²) in [5, 5.41) is 4.76. The summed E-state index contributed by atoms with van der Waals surface area (Å²) in [6.45, 7) is -0.336. The van der Waals surface area contributed by atoms with Crippen LogP contribution in [0.3, 0.4) is 0 Å². The van der Waals surface area contributed by atoms with Gasteiger partial charge in [-0.3, -0.25) is 9.59 Å². The molecule has 2 amide bonds. The molecule has 0 saturated carbocycles. The minimum Gasteiger partial charge on any atom is -0.350 e. The van der Waals surface area contributed by atoms with Crippen LogP contribution in [0.15, 0.2) is 28.7 Å². The zero-order chi connectivity index (χ0) is 16.8. The van der Waals surface area contributed by atoms with Crippen LogP contribution in [-0.4, -0.2) is 30.8 Å². The molecule has 5 nitrogen and oxygen atoms in total. The first-order chi connectivity index (χ1) is 10.2. The number of hydrogen-bond acceptors (Lipinski definition) is 3. The van der Waals surface area contributed by atoms with Crippen molar-refractivity contribution in [2.75, 3.05) is 13.1 Å². The Morgan fingerprint density at radius 3 is 2.41 bits per heavy atom. The van der Waals surface area contributed by atoms with Crippen molar-refractivity contribution in [1.29, 1.82) is 0 Å². The molecule has 122 valence electrons. The molecule has 4 N–H and O–H groups in total. The van der Waals surface area contributed by atoms with Crippen LogP contribution in [0.1, 0.15) is 24.9 Å². The summed E-state index contributed by atoms with van der Waals surface area (Å²) < 4.78 is 26.9. The van der Waals surface area contributed by atoms with E-state index in [1.54, 1.807) is 24.3 Å². The fourth-order valence-corrected chi connectivity index (χ4v) is 2.01. The van der Waals surface area contributed by atoms with E-state index in [9.17, 15) is 18.4 Å². The summed E-state index contributed by atoms with van der Waals surface area (Å²) in [5.74, 6) is -4.04. The zero-order valence-corrected chi connectivity index (χ0v) is 13.6. The maximum Gasteiger partial charge on any atom is 0.277 e. The zero-order valence-electron chi connectivity index (χ0n) is 12.0. The molecular weight excluding hydrogens is 360 g/mol. The highest BCUT2D eigenvalue weighted by atomic mass is 79.9. The maximum absolute atomic E-state index is 13.0. The van der Waals surface area contributed by atoms with Gasteiger partial charge in [-0.2, -0.15) is 0 Å². The molecular formula is C14H18BrF2N3O2. The molecule has 1 atom stereocenters. The number of amides is 2. The summed E-state index contributed by atoms with van der Waals surface area (Å²) >= 11 is 3.29. The van der Waals surface area contributed by atoms with Crippen LogP contribution in [0.5, 0.6) is 0 Å². The highest BCUT2D eigenvalue weighted by Crippen LogP contribution is 2.20. The largest absolute Gasteiger partial charge is 0.350 e. The van der Waals surface area contributed by atoms with Gasteiger partial charge in [-0.15, -0.1) is 0 Å². The van der Waals surface area contributed by atoms with Crippen molar-refractivity contribution in [2.24, 2.45) is 5.73 Å². The van der Waals surface area contributed by atoms with Gasteiger partial charge in [-0.1, -0.05) is 28.1 Å². The fourth-order valence-electron chi connectivity index (χ4n) is 1.75. The van der Waals surface area contributed by atoms with E-state index in [1.165, 1.54) is 6.92 Å². The Bertz CT molecular complexity index is 523. The monoisotopic (exact) mass is 377 g/mol. The van der Waals surface area contributed by atoms with Gasteiger partial charge >= 0.3 is 0 Å². The Hall–Kier alpha value is -1.54. The van der Waals surface area contributed by atoms with Crippen LogP contribution in [0.4, 0.5) is 8.78 Å². The molecule has 0 bridgehead atoms. The summed E-state index contributed by atoms with van der Waals surface area (Å²) in [7, 11) is 0. The smallest absolute Gasteiger partial charge is 0.277 e. The van der Waals surface area contributed by atoms with Crippen LogP contribution in [0.2, 0.25) is 0 Å². The molecule has 0 radical (unpaired) electrons. The minimum absolute atomic E-state index is 0.137. The standard InChI is InChI=1S/C14H18BrF2N3O2/c1-9(21)20-12(10-2-4-11(15)5-3-10)6-13(22)19-8-14(16,17)7-18/h2-5,12H,6-8,18H2,1H3,(H,19,22)(H,20,21). The van der Waals surface area contributed by atoms with E-state index in [1.807, 2.05) is 0 Å². The molecule has 0 aliphatic rings. The Morgan fingerprint density at radius 2 is 1.91 bits per heavy atom. The molecule has 22 heavy (non-hydrogen) atoms. The lowest BCUT2D eigenvalue weighted by molar-refractivity contribution is -0.124. The van der Waals surface area contributed by atoms with Crippen molar-refractivity contribution in [1.82, 2.24) is 10.6 Å². The number of hydrogen-bond donors (Lipinski definition) is 3. The lowest BCUT2D eigenvalue weighted by atomic mass is 10.0. The molecule has 1 aromatic rings. The van der Waals surface area contributed by atoms with Gasteiger partial charge in [0.05, 0.1) is 25.6 Å². The second-order valence-corrected chi connectivity index (χ2v) is 5.76. The second-order valence-electron chi connectivity index (χ2n) is 4.85. The summed E-state index contributed by atoms with van der Waals surface area (Å²) in [6, 6.07) is 6.44. The molecule has 0 aliphatic carbocycles. The Morgan fingerprint density at radius 1 is 1.32 bits per heavy atom. The third-order valence-electron chi connectivity index (χ3n) is 2.88. The van der Waals surface area contributed by atoms with Gasteiger partial charge in [-0.05, 0) is 17.7 Å². The van der Waals surface area contributed by atoms with E-state index < -0.39 is 31.0 Å². The number of nitrogens with one attached hydrogen (secondary N) is 2. The van der Waals surface area contributed by atoms with Crippen LogP contribution in [0, 0.1) is 0 Å². The summed E-state index contributed by atoms with van der Waals surface area (Å²) in [5.41, 5.74) is 5.61. The predicted octanol–water partition coefficient (Wildman–Crippen LogP) is 1.73. The van der Waals surface area contributed by atoms with Gasteiger partial charge in [0.15, 0.2) is 0 Å². The molecule has 1 unspecified atom stereocenters. The molecule has 1 rings (SSSR count).